The first-order valence-electron chi connectivity index (χ1n) is 6.82. The van der Waals surface area contributed by atoms with Gasteiger partial charge in [-0.05, 0) is 12.1 Å². The van der Waals surface area contributed by atoms with Gasteiger partial charge in [0, 0.05) is 24.7 Å². The van der Waals surface area contributed by atoms with Crippen LogP contribution in [0, 0.1) is 5.95 Å². The molecule has 0 atom stereocenters. The summed E-state index contributed by atoms with van der Waals surface area (Å²) in [6.45, 7) is 1.19. The van der Waals surface area contributed by atoms with Crippen molar-refractivity contribution in [3.63, 3.8) is 0 Å². The van der Waals surface area contributed by atoms with Crippen molar-refractivity contribution in [2.24, 2.45) is 0 Å². The Hall–Kier alpha value is -2.35. The lowest BCUT2D eigenvalue weighted by atomic mass is 10.4. The van der Waals surface area contributed by atoms with Crippen LogP contribution >= 0.6 is 11.8 Å². The highest BCUT2D eigenvalue weighted by Crippen LogP contribution is 2.24. The van der Waals surface area contributed by atoms with Crippen LogP contribution in [-0.2, 0) is 13.1 Å². The minimum Gasteiger partial charge on any atom is -0.345 e. The number of aromatic nitrogens is 4. The lowest BCUT2D eigenvalue weighted by Crippen LogP contribution is -2.24. The predicted octanol–water partition coefficient (Wildman–Crippen LogP) is 1.71. The molecule has 1 aliphatic heterocycles. The summed E-state index contributed by atoms with van der Waals surface area (Å²) < 4.78 is 17.5. The van der Waals surface area contributed by atoms with E-state index in [0.29, 0.717) is 5.65 Å². The van der Waals surface area contributed by atoms with Gasteiger partial charge in [0.05, 0.1) is 12.2 Å². The van der Waals surface area contributed by atoms with Crippen molar-refractivity contribution in [2.45, 2.75) is 18.2 Å². The van der Waals surface area contributed by atoms with Gasteiger partial charge in [0.2, 0.25) is 5.95 Å². The van der Waals surface area contributed by atoms with E-state index in [1.165, 1.54) is 10.6 Å². The molecule has 0 saturated heterocycles. The molecule has 3 aromatic rings. The Morgan fingerprint density at radius 2 is 2.32 bits per heavy atom. The van der Waals surface area contributed by atoms with Gasteiger partial charge in [0.25, 0.3) is 5.91 Å². The maximum atomic E-state index is 14.2. The van der Waals surface area contributed by atoms with Gasteiger partial charge >= 0.3 is 0 Å². The van der Waals surface area contributed by atoms with Crippen LogP contribution < -0.4 is 5.32 Å². The third-order valence-corrected chi connectivity index (χ3v) is 4.44. The van der Waals surface area contributed by atoms with Crippen molar-refractivity contribution in [3.8, 4) is 0 Å². The lowest BCUT2D eigenvalue weighted by Gasteiger charge is -2.00. The van der Waals surface area contributed by atoms with Crippen molar-refractivity contribution in [1.29, 1.82) is 0 Å². The monoisotopic (exact) mass is 317 g/mol. The van der Waals surface area contributed by atoms with E-state index >= 15 is 0 Å². The number of imidazole rings is 2. The molecule has 0 bridgehead atoms. The Bertz CT molecular complexity index is 850. The second-order valence-electron chi connectivity index (χ2n) is 4.92. The van der Waals surface area contributed by atoms with E-state index < -0.39 is 11.9 Å². The fourth-order valence-corrected chi connectivity index (χ4v) is 3.37. The van der Waals surface area contributed by atoms with Crippen molar-refractivity contribution >= 4 is 23.3 Å². The van der Waals surface area contributed by atoms with E-state index in [1.54, 1.807) is 30.0 Å². The zero-order chi connectivity index (χ0) is 15.1. The number of pyridine rings is 1. The molecule has 0 spiro atoms. The van der Waals surface area contributed by atoms with Crippen LogP contribution in [-0.4, -0.2) is 30.6 Å². The Morgan fingerprint density at radius 1 is 1.41 bits per heavy atom. The first-order chi connectivity index (χ1) is 10.7. The Balaban J connectivity index is 1.52. The van der Waals surface area contributed by atoms with E-state index in [-0.39, 0.29) is 12.2 Å². The zero-order valence-corrected chi connectivity index (χ0v) is 12.3. The van der Waals surface area contributed by atoms with Gasteiger partial charge in [-0.1, -0.05) is 17.8 Å². The normalized spacial score (nSPS) is 13.5. The van der Waals surface area contributed by atoms with E-state index in [4.69, 9.17) is 0 Å². The topological polar surface area (TPSA) is 64.2 Å². The fourth-order valence-electron chi connectivity index (χ4n) is 2.41. The summed E-state index contributed by atoms with van der Waals surface area (Å²) in [5, 5.41) is 3.63. The Morgan fingerprint density at radius 3 is 3.14 bits per heavy atom. The third kappa shape index (κ3) is 2.16. The number of nitrogens with zero attached hydrogens (tertiary/aromatic N) is 4. The summed E-state index contributed by atoms with van der Waals surface area (Å²) in [6.07, 6.45) is 3.45. The van der Waals surface area contributed by atoms with Crippen molar-refractivity contribution in [1.82, 2.24) is 24.3 Å². The van der Waals surface area contributed by atoms with E-state index in [0.717, 1.165) is 23.1 Å². The number of nitrogens with one attached hydrogen (secondary N) is 1. The quantitative estimate of drug-likeness (QED) is 0.799. The molecule has 8 heteroatoms. The van der Waals surface area contributed by atoms with E-state index in [2.05, 4.69) is 19.9 Å². The van der Waals surface area contributed by atoms with Crippen molar-refractivity contribution in [2.75, 3.05) is 5.75 Å². The second kappa shape index (κ2) is 5.13. The average Bonchev–Trinajstić information content (AvgIpc) is 3.19. The molecule has 0 aromatic carbocycles. The summed E-state index contributed by atoms with van der Waals surface area (Å²) >= 11 is 1.69. The lowest BCUT2D eigenvalue weighted by molar-refractivity contribution is 0.0941. The molecular formula is C14H12FN5OS. The number of halogens is 1. The molecule has 0 fully saturated rings. The SMILES string of the molecule is O=C(NCc1cn2c(n1)SCC2)c1nc2ccccn2c1F. The van der Waals surface area contributed by atoms with Crippen LogP contribution in [0.1, 0.15) is 16.2 Å². The Kier molecular flexibility index (Phi) is 3.11. The summed E-state index contributed by atoms with van der Waals surface area (Å²) in [5.41, 5.74) is 0.967. The summed E-state index contributed by atoms with van der Waals surface area (Å²) in [5.74, 6) is -0.167. The van der Waals surface area contributed by atoms with E-state index in [1.807, 2.05) is 6.20 Å². The zero-order valence-electron chi connectivity index (χ0n) is 11.5. The van der Waals surface area contributed by atoms with Crippen LogP contribution in [0.5, 0.6) is 0 Å². The van der Waals surface area contributed by atoms with Gasteiger partial charge in [-0.15, -0.1) is 0 Å². The predicted molar refractivity (Wildman–Crippen MR) is 79.3 cm³/mol. The number of rotatable bonds is 3. The number of carbonyl (C=O) groups excluding carboxylic acids is 1. The number of fused-ring (bicyclic) bond motifs is 2. The van der Waals surface area contributed by atoms with Crippen molar-refractivity contribution < 1.29 is 9.18 Å². The molecule has 1 amide bonds. The number of hydrogen-bond acceptors (Lipinski definition) is 4. The first kappa shape index (κ1) is 13.3. The highest BCUT2D eigenvalue weighted by atomic mass is 32.2. The highest BCUT2D eigenvalue weighted by Gasteiger charge is 2.20. The minimum atomic E-state index is -0.656. The van der Waals surface area contributed by atoms with Crippen molar-refractivity contribution in [3.05, 3.63) is 47.9 Å². The van der Waals surface area contributed by atoms with Gasteiger partial charge in [0.1, 0.15) is 5.65 Å². The van der Waals surface area contributed by atoms with E-state index in [9.17, 15) is 9.18 Å². The number of hydrogen-bond donors (Lipinski definition) is 1. The third-order valence-electron chi connectivity index (χ3n) is 3.47. The molecule has 22 heavy (non-hydrogen) atoms. The standard InChI is InChI=1S/C14H12FN5OS/c15-12-11(18-10-3-1-2-4-20(10)12)13(21)16-7-9-8-19-5-6-22-14(19)17-9/h1-4,8H,5-7H2,(H,16,21). The molecule has 0 unspecified atom stereocenters. The smallest absolute Gasteiger partial charge is 0.275 e. The fraction of sp³-hybridized carbons (Fsp3) is 0.214. The summed E-state index contributed by atoms with van der Waals surface area (Å²) in [6, 6.07) is 5.08. The number of amides is 1. The van der Waals surface area contributed by atoms with Crippen LogP contribution in [0.4, 0.5) is 4.39 Å². The molecule has 112 valence electrons. The molecule has 3 aromatic heterocycles. The first-order valence-corrected chi connectivity index (χ1v) is 7.80. The van der Waals surface area contributed by atoms with Crippen LogP contribution in [0.2, 0.25) is 0 Å². The Labute approximate surface area is 129 Å². The second-order valence-corrected chi connectivity index (χ2v) is 5.98. The minimum absolute atomic E-state index is 0.202. The molecule has 0 radical (unpaired) electrons. The molecule has 0 saturated carbocycles. The van der Waals surface area contributed by atoms with Crippen LogP contribution in [0.15, 0.2) is 35.7 Å². The van der Waals surface area contributed by atoms with Gasteiger partial charge in [-0.25, -0.2) is 9.97 Å². The molecule has 4 heterocycles. The molecule has 6 nitrogen and oxygen atoms in total. The number of thioether (sulfide) groups is 1. The highest BCUT2D eigenvalue weighted by molar-refractivity contribution is 7.99. The average molecular weight is 317 g/mol. The molecule has 1 aliphatic rings. The molecular weight excluding hydrogens is 305 g/mol. The van der Waals surface area contributed by atoms with Gasteiger partial charge < -0.3 is 9.88 Å². The largest absolute Gasteiger partial charge is 0.345 e. The molecule has 4 rings (SSSR count). The number of carbonyl (C=O) groups is 1. The van der Waals surface area contributed by atoms with Gasteiger partial charge in [-0.3, -0.25) is 9.20 Å². The molecule has 0 aliphatic carbocycles. The van der Waals surface area contributed by atoms with Gasteiger partial charge in [-0.2, -0.15) is 4.39 Å². The molecule has 1 N–H and O–H groups in total. The maximum absolute atomic E-state index is 14.2. The maximum Gasteiger partial charge on any atom is 0.275 e. The van der Waals surface area contributed by atoms with Crippen LogP contribution in [0.3, 0.4) is 0 Å². The summed E-state index contributed by atoms with van der Waals surface area (Å²) in [4.78, 5) is 20.6. The summed E-state index contributed by atoms with van der Waals surface area (Å²) in [7, 11) is 0. The number of aryl methyl sites for hydroxylation is 1. The van der Waals surface area contributed by atoms with Gasteiger partial charge in [0.15, 0.2) is 10.9 Å². The van der Waals surface area contributed by atoms with Crippen LogP contribution in [0.25, 0.3) is 5.65 Å².